The monoisotopic (exact) mass is 455 g/mol. The summed E-state index contributed by atoms with van der Waals surface area (Å²) in [5, 5.41) is 19.8. The van der Waals surface area contributed by atoms with Crippen molar-refractivity contribution in [2.24, 2.45) is 4.99 Å². The van der Waals surface area contributed by atoms with Crippen LogP contribution in [-0.4, -0.2) is 48.8 Å². The first-order chi connectivity index (χ1) is 10.4. The summed E-state index contributed by atoms with van der Waals surface area (Å²) in [5.74, 6) is 0.710. The number of aliphatic hydroxyl groups is 1. The molecule has 1 aromatic heterocycles. The molecule has 0 saturated carbocycles. The molecule has 0 radical (unpaired) electrons. The first-order valence-corrected chi connectivity index (χ1v) is 8.68. The van der Waals surface area contributed by atoms with E-state index >= 15 is 0 Å². The highest BCUT2D eigenvalue weighted by atomic mass is 127. The Morgan fingerprint density at radius 3 is 2.43 bits per heavy atom. The molecule has 1 aromatic rings. The van der Waals surface area contributed by atoms with Gasteiger partial charge in [0.25, 0.3) is 0 Å². The molecule has 134 valence electrons. The molecule has 0 aliphatic carbocycles. The second-order valence-electron chi connectivity index (χ2n) is 5.50. The quantitative estimate of drug-likeness (QED) is 0.319. The molecule has 1 heterocycles. The summed E-state index contributed by atoms with van der Waals surface area (Å²) < 4.78 is 0. The maximum atomic E-state index is 10.3. The smallest absolute Gasteiger partial charge is 0.191 e. The summed E-state index contributed by atoms with van der Waals surface area (Å²) >= 11 is 1.61. The van der Waals surface area contributed by atoms with Gasteiger partial charge in [0.15, 0.2) is 11.1 Å². The molecule has 1 rings (SSSR count). The van der Waals surface area contributed by atoms with E-state index in [4.69, 9.17) is 0 Å². The van der Waals surface area contributed by atoms with Crippen LogP contribution in [0.5, 0.6) is 0 Å². The zero-order valence-corrected chi connectivity index (χ0v) is 17.9. The molecule has 0 aliphatic rings. The van der Waals surface area contributed by atoms with Gasteiger partial charge in [0.1, 0.15) is 0 Å². The van der Waals surface area contributed by atoms with Crippen molar-refractivity contribution < 1.29 is 5.11 Å². The van der Waals surface area contributed by atoms with Crippen LogP contribution in [0.3, 0.4) is 0 Å². The van der Waals surface area contributed by atoms with Crippen molar-refractivity contribution in [3.63, 3.8) is 0 Å². The number of hydrogen-bond acceptors (Lipinski definition) is 5. The summed E-state index contributed by atoms with van der Waals surface area (Å²) in [6.45, 7) is 7.81. The van der Waals surface area contributed by atoms with E-state index < -0.39 is 5.60 Å². The average molecular weight is 455 g/mol. The van der Waals surface area contributed by atoms with Gasteiger partial charge in [-0.3, -0.25) is 0 Å². The summed E-state index contributed by atoms with van der Waals surface area (Å²) in [4.78, 5) is 11.0. The van der Waals surface area contributed by atoms with Crippen molar-refractivity contribution in [2.75, 3.05) is 32.1 Å². The number of aromatic nitrogens is 1. The van der Waals surface area contributed by atoms with E-state index in [1.807, 2.05) is 45.1 Å². The predicted octanol–water partition coefficient (Wildman–Crippen LogP) is 2.43. The SMILES string of the molecule is CCNC(=NCc1csc(N(C)C)n1)NCC(O)(CC)CC.I. The number of aliphatic imine (C=N–C) groups is 1. The van der Waals surface area contributed by atoms with Crippen molar-refractivity contribution >= 4 is 46.4 Å². The van der Waals surface area contributed by atoms with Gasteiger partial charge in [0.05, 0.1) is 17.8 Å². The maximum Gasteiger partial charge on any atom is 0.191 e. The molecule has 0 fully saturated rings. The molecular formula is C15H30IN5OS. The molecule has 0 aromatic carbocycles. The van der Waals surface area contributed by atoms with Gasteiger partial charge in [-0.25, -0.2) is 9.98 Å². The van der Waals surface area contributed by atoms with Crippen LogP contribution in [0.1, 0.15) is 39.3 Å². The van der Waals surface area contributed by atoms with Gasteiger partial charge in [-0.1, -0.05) is 13.8 Å². The largest absolute Gasteiger partial charge is 0.388 e. The lowest BCUT2D eigenvalue weighted by Crippen LogP contribution is -2.46. The van der Waals surface area contributed by atoms with Gasteiger partial charge in [0.2, 0.25) is 0 Å². The Bertz CT molecular complexity index is 474. The molecule has 8 heteroatoms. The number of rotatable bonds is 8. The third kappa shape index (κ3) is 7.67. The van der Waals surface area contributed by atoms with Crippen molar-refractivity contribution in [1.29, 1.82) is 0 Å². The Balaban J connectivity index is 0.00000484. The summed E-state index contributed by atoms with van der Waals surface area (Å²) in [7, 11) is 3.96. The number of thiazole rings is 1. The van der Waals surface area contributed by atoms with E-state index in [0.29, 0.717) is 31.9 Å². The Kier molecular flexibility index (Phi) is 10.7. The topological polar surface area (TPSA) is 72.8 Å². The van der Waals surface area contributed by atoms with Crippen molar-refractivity contribution in [1.82, 2.24) is 15.6 Å². The van der Waals surface area contributed by atoms with Gasteiger partial charge in [0, 0.05) is 32.6 Å². The molecule has 23 heavy (non-hydrogen) atoms. The molecule has 0 unspecified atom stereocenters. The molecule has 0 aliphatic heterocycles. The fourth-order valence-corrected chi connectivity index (χ4v) is 2.57. The number of nitrogens with one attached hydrogen (secondary N) is 2. The lowest BCUT2D eigenvalue weighted by molar-refractivity contribution is 0.0367. The predicted molar refractivity (Wildman–Crippen MR) is 110 cm³/mol. The van der Waals surface area contributed by atoms with Gasteiger partial charge >= 0.3 is 0 Å². The molecule has 0 spiro atoms. The molecule has 3 N–H and O–H groups in total. The Morgan fingerprint density at radius 1 is 1.30 bits per heavy atom. The van der Waals surface area contributed by atoms with Crippen LogP contribution in [0, 0.1) is 0 Å². The second-order valence-corrected chi connectivity index (χ2v) is 6.33. The number of anilines is 1. The van der Waals surface area contributed by atoms with E-state index in [9.17, 15) is 5.11 Å². The van der Waals surface area contributed by atoms with Gasteiger partial charge in [-0.05, 0) is 19.8 Å². The number of guanidine groups is 1. The molecule has 0 saturated heterocycles. The van der Waals surface area contributed by atoms with E-state index in [2.05, 4.69) is 20.6 Å². The third-order valence-electron chi connectivity index (χ3n) is 3.57. The minimum atomic E-state index is -0.686. The van der Waals surface area contributed by atoms with E-state index in [-0.39, 0.29) is 24.0 Å². The van der Waals surface area contributed by atoms with Crippen LogP contribution in [0.25, 0.3) is 0 Å². The summed E-state index contributed by atoms with van der Waals surface area (Å²) in [6.07, 6.45) is 1.43. The van der Waals surface area contributed by atoms with Crippen molar-refractivity contribution in [3.05, 3.63) is 11.1 Å². The normalized spacial score (nSPS) is 11.8. The van der Waals surface area contributed by atoms with Crippen LogP contribution in [0.15, 0.2) is 10.4 Å². The third-order valence-corrected chi connectivity index (χ3v) is 4.62. The zero-order valence-electron chi connectivity index (χ0n) is 14.7. The van der Waals surface area contributed by atoms with Crippen LogP contribution in [0.2, 0.25) is 0 Å². The lowest BCUT2D eigenvalue weighted by atomic mass is 9.98. The highest BCUT2D eigenvalue weighted by molar-refractivity contribution is 14.0. The fourth-order valence-electron chi connectivity index (χ4n) is 1.82. The fraction of sp³-hybridized carbons (Fsp3) is 0.733. The van der Waals surface area contributed by atoms with Crippen LogP contribution >= 0.6 is 35.3 Å². The highest BCUT2D eigenvalue weighted by Gasteiger charge is 2.22. The molecule has 0 atom stereocenters. The Hall–Kier alpha value is -0.610. The Morgan fingerprint density at radius 2 is 1.96 bits per heavy atom. The lowest BCUT2D eigenvalue weighted by Gasteiger charge is -2.26. The number of nitrogens with zero attached hydrogens (tertiary/aromatic N) is 3. The molecule has 6 nitrogen and oxygen atoms in total. The highest BCUT2D eigenvalue weighted by Crippen LogP contribution is 2.18. The molecular weight excluding hydrogens is 425 g/mol. The van der Waals surface area contributed by atoms with Gasteiger partial charge < -0.3 is 20.6 Å². The maximum absolute atomic E-state index is 10.3. The number of halogens is 1. The van der Waals surface area contributed by atoms with Crippen molar-refractivity contribution in [2.45, 2.75) is 45.8 Å². The van der Waals surface area contributed by atoms with Gasteiger partial charge in [-0.2, -0.15) is 0 Å². The minimum Gasteiger partial charge on any atom is -0.388 e. The van der Waals surface area contributed by atoms with Crippen LogP contribution < -0.4 is 15.5 Å². The minimum absolute atomic E-state index is 0. The first kappa shape index (κ1) is 22.4. The average Bonchev–Trinajstić information content (AvgIpc) is 2.99. The van der Waals surface area contributed by atoms with Crippen LogP contribution in [0.4, 0.5) is 5.13 Å². The van der Waals surface area contributed by atoms with E-state index in [0.717, 1.165) is 17.4 Å². The van der Waals surface area contributed by atoms with Crippen LogP contribution in [-0.2, 0) is 6.54 Å². The second kappa shape index (κ2) is 11.0. The van der Waals surface area contributed by atoms with Crippen molar-refractivity contribution in [3.8, 4) is 0 Å². The summed E-state index contributed by atoms with van der Waals surface area (Å²) in [6, 6.07) is 0. The standard InChI is InChI=1S/C15H29N5OS.HI/c1-6-15(21,7-2)11-18-13(16-8-3)17-9-12-10-22-14(19-12)20(4)5;/h10,21H,6-9,11H2,1-5H3,(H2,16,17,18);1H. The van der Waals surface area contributed by atoms with E-state index in [1.165, 1.54) is 0 Å². The number of hydrogen-bond donors (Lipinski definition) is 3. The first-order valence-electron chi connectivity index (χ1n) is 7.80. The summed E-state index contributed by atoms with van der Waals surface area (Å²) in [5.41, 5.74) is 0.265. The zero-order chi connectivity index (χ0) is 16.6. The van der Waals surface area contributed by atoms with Gasteiger partial charge in [-0.15, -0.1) is 35.3 Å². The van der Waals surface area contributed by atoms with E-state index in [1.54, 1.807) is 11.3 Å². The molecule has 0 bridgehead atoms. The Labute approximate surface area is 160 Å². The molecule has 0 amide bonds.